The van der Waals surface area contributed by atoms with Crippen LogP contribution in [0.15, 0.2) is 89.6 Å². The van der Waals surface area contributed by atoms with Crippen LogP contribution in [0.5, 0.6) is 0 Å². The van der Waals surface area contributed by atoms with Gasteiger partial charge in [0.1, 0.15) is 6.04 Å². The van der Waals surface area contributed by atoms with Gasteiger partial charge in [-0.05, 0) is 63.3 Å². The number of amides is 3. The largest absolute Gasteiger partial charge is 0.465 e. The van der Waals surface area contributed by atoms with E-state index in [1.807, 2.05) is 59.3 Å². The molecule has 4 aromatic rings. The molecule has 5 N–H and O–H groups in total. The molecule has 0 saturated carbocycles. The fourth-order valence-electron chi connectivity index (χ4n) is 4.09. The lowest BCUT2D eigenvalue weighted by Crippen LogP contribution is -2.49. The van der Waals surface area contributed by atoms with Gasteiger partial charge in [-0.3, -0.25) is 14.5 Å². The van der Waals surface area contributed by atoms with E-state index in [1.54, 1.807) is 41.7 Å². The van der Waals surface area contributed by atoms with Crippen LogP contribution >= 0.6 is 11.3 Å². The maximum absolute atomic E-state index is 12.9. The van der Waals surface area contributed by atoms with Gasteiger partial charge in [0.05, 0.1) is 11.4 Å². The highest BCUT2D eigenvalue weighted by molar-refractivity contribution is 7.08. The molecule has 3 aromatic carbocycles. The molecule has 0 radical (unpaired) electrons. The second-order valence-electron chi connectivity index (χ2n) is 8.70. The Balaban J connectivity index is 1.49. The van der Waals surface area contributed by atoms with Crippen LogP contribution in [0.1, 0.15) is 21.5 Å². The molecule has 0 aliphatic rings. The number of carbonyl (C=O) groups excluding carboxylic acids is 2. The summed E-state index contributed by atoms with van der Waals surface area (Å²) < 4.78 is 0. The molecule has 0 aliphatic carbocycles. The lowest BCUT2D eigenvalue weighted by molar-refractivity contribution is -0.125. The van der Waals surface area contributed by atoms with Crippen molar-refractivity contribution >= 4 is 40.6 Å². The maximum atomic E-state index is 12.9. The van der Waals surface area contributed by atoms with Crippen molar-refractivity contribution < 1.29 is 19.5 Å². The second kappa shape index (κ2) is 12.1. The summed E-state index contributed by atoms with van der Waals surface area (Å²) in [4.78, 5) is 38.8. The Bertz CT molecular complexity index is 1410. The predicted octanol–water partition coefficient (Wildman–Crippen LogP) is 5.09. The number of nitrogens with zero attached hydrogens (tertiary/aromatic N) is 1. The van der Waals surface area contributed by atoms with Gasteiger partial charge < -0.3 is 21.5 Å². The zero-order valence-electron chi connectivity index (χ0n) is 20.8. The zero-order chi connectivity index (χ0) is 27.1. The molecule has 0 bridgehead atoms. The average molecular weight is 529 g/mol. The van der Waals surface area contributed by atoms with Gasteiger partial charge in [0.25, 0.3) is 5.91 Å². The molecule has 1 heterocycles. The lowest BCUT2D eigenvalue weighted by atomic mass is 10.0. The van der Waals surface area contributed by atoms with Crippen LogP contribution in [-0.4, -0.2) is 41.0 Å². The molecule has 1 atom stereocenters. The van der Waals surface area contributed by atoms with Crippen molar-refractivity contribution in [1.29, 1.82) is 0 Å². The van der Waals surface area contributed by atoms with Crippen molar-refractivity contribution in [3.63, 3.8) is 0 Å². The third-order valence-electron chi connectivity index (χ3n) is 6.17. The quantitative estimate of drug-likeness (QED) is 0.225. The van der Waals surface area contributed by atoms with Crippen LogP contribution < -0.4 is 16.4 Å². The number of hydrogen-bond donors (Lipinski definition) is 4. The van der Waals surface area contributed by atoms with Crippen LogP contribution in [-0.2, 0) is 17.8 Å². The minimum Gasteiger partial charge on any atom is -0.465 e. The number of carbonyl (C=O) groups is 3. The number of hydrogen-bond acceptors (Lipinski definition) is 5. The topological polar surface area (TPSA) is 125 Å². The number of nitrogens with one attached hydrogen (secondary N) is 2. The van der Waals surface area contributed by atoms with Gasteiger partial charge in [-0.1, -0.05) is 48.5 Å². The third-order valence-corrected chi connectivity index (χ3v) is 6.85. The van der Waals surface area contributed by atoms with Crippen molar-refractivity contribution in [1.82, 2.24) is 10.2 Å². The number of benzene rings is 3. The first-order valence-corrected chi connectivity index (χ1v) is 12.9. The minimum atomic E-state index is -1.19. The van der Waals surface area contributed by atoms with Crippen molar-refractivity contribution in [2.24, 2.45) is 0 Å². The third kappa shape index (κ3) is 6.37. The van der Waals surface area contributed by atoms with E-state index in [2.05, 4.69) is 10.6 Å². The van der Waals surface area contributed by atoms with Gasteiger partial charge in [-0.2, -0.15) is 11.3 Å². The van der Waals surface area contributed by atoms with Gasteiger partial charge >= 0.3 is 6.09 Å². The summed E-state index contributed by atoms with van der Waals surface area (Å²) >= 11 is 1.59. The van der Waals surface area contributed by atoms with E-state index in [4.69, 9.17) is 5.73 Å². The van der Waals surface area contributed by atoms with E-state index in [1.165, 1.54) is 7.05 Å². The molecular weight excluding hydrogens is 500 g/mol. The van der Waals surface area contributed by atoms with Crippen LogP contribution in [0.4, 0.5) is 16.2 Å². The Morgan fingerprint density at radius 2 is 1.68 bits per heavy atom. The van der Waals surface area contributed by atoms with Gasteiger partial charge in [0.15, 0.2) is 0 Å². The molecule has 8 nitrogen and oxygen atoms in total. The fraction of sp³-hybridized carbons (Fsp3) is 0.138. The monoisotopic (exact) mass is 528 g/mol. The van der Waals surface area contributed by atoms with Crippen molar-refractivity contribution in [3.8, 4) is 11.1 Å². The molecule has 38 heavy (non-hydrogen) atoms. The average Bonchev–Trinajstić information content (AvgIpc) is 3.47. The lowest BCUT2D eigenvalue weighted by Gasteiger charge is -2.28. The SMILES string of the molecule is CNC(=O)[C@H](Cc1ccc(C(=O)Nc2cc(-c3ccsc3)ccc2N)cc1)N(Cc1ccccc1)C(=O)O. The molecular formula is C29H28N4O4S. The maximum Gasteiger partial charge on any atom is 0.408 e. The van der Waals surface area contributed by atoms with E-state index < -0.39 is 18.0 Å². The number of carboxylic acid groups (broad SMARTS) is 1. The molecule has 3 amide bonds. The molecule has 1 aromatic heterocycles. The first-order chi connectivity index (χ1) is 18.4. The molecule has 0 aliphatic heterocycles. The molecule has 194 valence electrons. The minimum absolute atomic E-state index is 0.0701. The molecule has 0 saturated heterocycles. The van der Waals surface area contributed by atoms with Crippen LogP contribution in [0.3, 0.4) is 0 Å². The summed E-state index contributed by atoms with van der Waals surface area (Å²) in [5, 5.41) is 19.3. The Labute approximate surface area is 224 Å². The summed E-state index contributed by atoms with van der Waals surface area (Å²) in [5.41, 5.74) is 11.0. The Morgan fingerprint density at radius 3 is 2.32 bits per heavy atom. The van der Waals surface area contributed by atoms with Crippen LogP contribution in [0.25, 0.3) is 11.1 Å². The van der Waals surface area contributed by atoms with E-state index >= 15 is 0 Å². The first-order valence-electron chi connectivity index (χ1n) is 11.9. The number of nitrogens with two attached hydrogens (primary N) is 1. The Hall–Kier alpha value is -4.63. The Kier molecular flexibility index (Phi) is 8.40. The van der Waals surface area contributed by atoms with Crippen LogP contribution in [0, 0.1) is 0 Å². The molecule has 4 rings (SSSR count). The highest BCUT2D eigenvalue weighted by atomic mass is 32.1. The summed E-state index contributed by atoms with van der Waals surface area (Å²) in [6, 6.07) is 22.4. The number of anilines is 2. The highest BCUT2D eigenvalue weighted by Gasteiger charge is 2.29. The highest BCUT2D eigenvalue weighted by Crippen LogP contribution is 2.29. The van der Waals surface area contributed by atoms with E-state index in [0.29, 0.717) is 22.5 Å². The van der Waals surface area contributed by atoms with Crippen molar-refractivity contribution in [2.75, 3.05) is 18.1 Å². The van der Waals surface area contributed by atoms with E-state index in [0.717, 1.165) is 21.6 Å². The standard InChI is InChI=1S/C29H28N4O4S/c1-31-28(35)26(33(29(36)37)17-20-5-3-2-4-6-20)15-19-7-9-21(10-8-19)27(34)32-25-16-22(11-12-24(25)30)23-13-14-38-18-23/h2-14,16,18,26H,15,17,30H2,1H3,(H,31,35)(H,32,34)(H,36,37)/t26-/m0/s1. The van der Waals surface area contributed by atoms with E-state index in [9.17, 15) is 19.5 Å². The normalized spacial score (nSPS) is 11.4. The van der Waals surface area contributed by atoms with E-state index in [-0.39, 0.29) is 18.9 Å². The predicted molar refractivity (Wildman–Crippen MR) is 150 cm³/mol. The number of thiophene rings is 1. The summed E-state index contributed by atoms with van der Waals surface area (Å²) in [5.74, 6) is -0.740. The van der Waals surface area contributed by atoms with Gasteiger partial charge in [0.2, 0.25) is 5.91 Å². The van der Waals surface area contributed by atoms with Gasteiger partial charge in [-0.15, -0.1) is 0 Å². The molecule has 9 heteroatoms. The van der Waals surface area contributed by atoms with Gasteiger partial charge in [-0.25, -0.2) is 4.79 Å². The van der Waals surface area contributed by atoms with Crippen molar-refractivity contribution in [3.05, 3.63) is 106 Å². The summed E-state index contributed by atoms with van der Waals surface area (Å²) in [6.45, 7) is 0.0701. The zero-order valence-corrected chi connectivity index (χ0v) is 21.6. The second-order valence-corrected chi connectivity index (χ2v) is 9.48. The Morgan fingerprint density at radius 1 is 0.947 bits per heavy atom. The number of rotatable bonds is 9. The summed E-state index contributed by atoms with van der Waals surface area (Å²) in [7, 11) is 1.48. The van der Waals surface area contributed by atoms with Crippen molar-refractivity contribution in [2.45, 2.75) is 19.0 Å². The number of nitrogen functional groups attached to an aromatic ring is 1. The first kappa shape index (κ1) is 26.4. The fourth-order valence-corrected chi connectivity index (χ4v) is 4.75. The van der Waals surface area contributed by atoms with Crippen LogP contribution in [0.2, 0.25) is 0 Å². The summed E-state index contributed by atoms with van der Waals surface area (Å²) in [6.07, 6.45) is -1.04. The molecule has 0 fully saturated rings. The number of likely N-dealkylation sites (N-methyl/N-ethyl adjacent to an activating group) is 1. The molecule has 0 spiro atoms. The smallest absolute Gasteiger partial charge is 0.408 e. The van der Waals surface area contributed by atoms with Gasteiger partial charge in [0, 0.05) is 25.6 Å². The molecule has 0 unspecified atom stereocenters.